The predicted molar refractivity (Wildman–Crippen MR) is 30.7 cm³/mol. The Morgan fingerprint density at radius 3 is 2.22 bits per heavy atom. The van der Waals surface area contributed by atoms with Gasteiger partial charge in [0.25, 0.3) is 11.3 Å². The molecule has 9 heavy (non-hydrogen) atoms. The first-order chi connectivity index (χ1) is 4.04. The minimum Gasteiger partial charge on any atom is -0.477 e. The Labute approximate surface area is 53.8 Å². The molecule has 0 bridgehead atoms. The summed E-state index contributed by atoms with van der Waals surface area (Å²) in [7, 11) is 0. The van der Waals surface area contributed by atoms with E-state index in [1.165, 1.54) is 0 Å². The van der Waals surface area contributed by atoms with E-state index < -0.39 is 22.9 Å². The molecule has 1 unspecified atom stereocenters. The van der Waals surface area contributed by atoms with E-state index in [1.807, 2.05) is 0 Å². The molecule has 0 saturated heterocycles. The SMILES string of the molecule is C=C(NS(=O)O)C(=O)O. The van der Waals surface area contributed by atoms with Crippen LogP contribution in [0.5, 0.6) is 0 Å². The van der Waals surface area contributed by atoms with Crippen LogP contribution in [0.4, 0.5) is 0 Å². The number of carboxylic acids is 1. The summed E-state index contributed by atoms with van der Waals surface area (Å²) in [5.74, 6) is -1.35. The van der Waals surface area contributed by atoms with Crippen LogP contribution < -0.4 is 4.72 Å². The third-order valence-corrected chi connectivity index (χ3v) is 0.890. The maximum Gasteiger partial charge on any atom is 0.352 e. The average Bonchev–Trinajstić information content (AvgIpc) is 1.63. The van der Waals surface area contributed by atoms with Crippen molar-refractivity contribution in [3.63, 3.8) is 0 Å². The summed E-state index contributed by atoms with van der Waals surface area (Å²) in [6.45, 7) is 2.93. The molecule has 0 aromatic carbocycles. The Morgan fingerprint density at radius 1 is 1.67 bits per heavy atom. The molecular weight excluding hydrogens is 146 g/mol. The lowest BCUT2D eigenvalue weighted by Crippen LogP contribution is -2.20. The fourth-order valence-electron chi connectivity index (χ4n) is 0.149. The Morgan fingerprint density at radius 2 is 2.11 bits per heavy atom. The van der Waals surface area contributed by atoms with Crippen molar-refractivity contribution in [2.75, 3.05) is 0 Å². The first kappa shape index (κ1) is 8.12. The van der Waals surface area contributed by atoms with Crippen molar-refractivity contribution in [3.05, 3.63) is 12.3 Å². The molecule has 0 aliphatic carbocycles. The van der Waals surface area contributed by atoms with Crippen LogP contribution in [0.2, 0.25) is 0 Å². The van der Waals surface area contributed by atoms with Crippen molar-refractivity contribution in [2.45, 2.75) is 0 Å². The summed E-state index contributed by atoms with van der Waals surface area (Å²) in [5, 5.41) is 8.02. The van der Waals surface area contributed by atoms with E-state index >= 15 is 0 Å². The van der Waals surface area contributed by atoms with Crippen molar-refractivity contribution in [2.24, 2.45) is 0 Å². The fourth-order valence-corrected chi connectivity index (χ4v) is 0.447. The Balaban J connectivity index is 3.79. The van der Waals surface area contributed by atoms with Crippen LogP contribution in [0, 0.1) is 0 Å². The van der Waals surface area contributed by atoms with Gasteiger partial charge in [0.05, 0.1) is 0 Å². The number of aliphatic carboxylic acids is 1. The van der Waals surface area contributed by atoms with Gasteiger partial charge in [-0.3, -0.25) is 9.27 Å². The number of nitrogens with one attached hydrogen (secondary N) is 1. The second kappa shape index (κ2) is 3.21. The first-order valence-corrected chi connectivity index (χ1v) is 2.94. The second-order valence-corrected chi connectivity index (χ2v) is 1.84. The van der Waals surface area contributed by atoms with Gasteiger partial charge in [-0.1, -0.05) is 6.58 Å². The molecule has 1 atom stereocenters. The highest BCUT2D eigenvalue weighted by Gasteiger charge is 2.03. The molecule has 0 aromatic heterocycles. The third-order valence-electron chi connectivity index (χ3n) is 0.469. The molecule has 0 aliphatic rings. The summed E-state index contributed by atoms with van der Waals surface area (Å²) in [6.07, 6.45) is 0. The predicted octanol–water partition coefficient (Wildman–Crippen LogP) is -0.689. The molecule has 0 aliphatic heterocycles. The zero-order valence-electron chi connectivity index (χ0n) is 4.33. The van der Waals surface area contributed by atoms with Crippen molar-refractivity contribution in [1.29, 1.82) is 0 Å². The zero-order valence-corrected chi connectivity index (χ0v) is 5.14. The van der Waals surface area contributed by atoms with Crippen LogP contribution in [0.15, 0.2) is 12.3 Å². The number of hydrogen-bond acceptors (Lipinski definition) is 2. The summed E-state index contributed by atoms with van der Waals surface area (Å²) >= 11 is -2.35. The summed E-state index contributed by atoms with van der Waals surface area (Å²) in [6, 6.07) is 0. The van der Waals surface area contributed by atoms with Crippen molar-refractivity contribution < 1.29 is 18.7 Å². The number of carbonyl (C=O) groups is 1. The Bertz CT molecular complexity index is 165. The van der Waals surface area contributed by atoms with Gasteiger partial charge in [-0.15, -0.1) is 0 Å². The van der Waals surface area contributed by atoms with E-state index in [4.69, 9.17) is 9.66 Å². The molecule has 0 heterocycles. The van der Waals surface area contributed by atoms with Gasteiger partial charge in [0.2, 0.25) is 0 Å². The third kappa shape index (κ3) is 3.68. The van der Waals surface area contributed by atoms with Crippen molar-refractivity contribution in [1.82, 2.24) is 4.72 Å². The maximum atomic E-state index is 9.83. The summed E-state index contributed by atoms with van der Waals surface area (Å²) in [5.41, 5.74) is -0.504. The second-order valence-electron chi connectivity index (χ2n) is 1.13. The van der Waals surface area contributed by atoms with E-state index in [0.717, 1.165) is 0 Å². The standard InChI is InChI=1S/C3H5NO4S/c1-2(3(5)6)4-9(7)8/h4H,1H2,(H,5,6)(H,7,8). The van der Waals surface area contributed by atoms with Gasteiger partial charge < -0.3 is 5.11 Å². The smallest absolute Gasteiger partial charge is 0.352 e. The summed E-state index contributed by atoms with van der Waals surface area (Å²) < 4.78 is 19.5. The highest BCUT2D eigenvalue weighted by atomic mass is 32.2. The van der Waals surface area contributed by atoms with Crippen LogP contribution in [-0.4, -0.2) is 19.8 Å². The zero-order chi connectivity index (χ0) is 7.44. The van der Waals surface area contributed by atoms with Gasteiger partial charge in [0, 0.05) is 0 Å². The van der Waals surface area contributed by atoms with Gasteiger partial charge in [-0.2, -0.15) is 0 Å². The molecule has 6 heteroatoms. The topological polar surface area (TPSA) is 86.6 Å². The van der Waals surface area contributed by atoms with Gasteiger partial charge in [0.1, 0.15) is 5.70 Å². The van der Waals surface area contributed by atoms with Crippen LogP contribution in [-0.2, 0) is 16.1 Å². The minimum absolute atomic E-state index is 0.504. The quantitative estimate of drug-likeness (QED) is 0.368. The molecule has 52 valence electrons. The van der Waals surface area contributed by atoms with Crippen LogP contribution in [0.3, 0.4) is 0 Å². The molecule has 0 amide bonds. The molecular formula is C3H5NO4S. The van der Waals surface area contributed by atoms with Crippen LogP contribution in [0.1, 0.15) is 0 Å². The van der Waals surface area contributed by atoms with Gasteiger partial charge >= 0.3 is 5.97 Å². The van der Waals surface area contributed by atoms with E-state index in [-0.39, 0.29) is 0 Å². The number of carboxylic acid groups (broad SMARTS) is 1. The summed E-state index contributed by atoms with van der Waals surface area (Å²) in [4.78, 5) is 9.83. The lowest BCUT2D eigenvalue weighted by molar-refractivity contribution is -0.132. The molecule has 0 spiro atoms. The maximum absolute atomic E-state index is 9.83. The molecule has 0 rings (SSSR count). The largest absolute Gasteiger partial charge is 0.477 e. The van der Waals surface area contributed by atoms with Gasteiger partial charge in [-0.05, 0) is 0 Å². The van der Waals surface area contributed by atoms with E-state index in [9.17, 15) is 9.00 Å². The first-order valence-electron chi connectivity index (χ1n) is 1.83. The van der Waals surface area contributed by atoms with Crippen molar-refractivity contribution >= 4 is 17.2 Å². The minimum atomic E-state index is -2.35. The molecule has 0 saturated carbocycles. The monoisotopic (exact) mass is 151 g/mol. The van der Waals surface area contributed by atoms with Gasteiger partial charge in [0.15, 0.2) is 0 Å². The molecule has 5 nitrogen and oxygen atoms in total. The van der Waals surface area contributed by atoms with E-state index in [1.54, 1.807) is 4.72 Å². The van der Waals surface area contributed by atoms with Crippen molar-refractivity contribution in [3.8, 4) is 0 Å². The Hall–Kier alpha value is -0.880. The van der Waals surface area contributed by atoms with Gasteiger partial charge in [-0.25, -0.2) is 9.00 Å². The highest BCUT2D eigenvalue weighted by molar-refractivity contribution is 7.77. The lowest BCUT2D eigenvalue weighted by atomic mass is 10.5. The van der Waals surface area contributed by atoms with Crippen LogP contribution >= 0.6 is 0 Å². The Kier molecular flexibility index (Phi) is 2.89. The molecule has 3 N–H and O–H groups in total. The number of rotatable bonds is 3. The average molecular weight is 151 g/mol. The van der Waals surface area contributed by atoms with E-state index in [0.29, 0.717) is 0 Å². The number of hydrogen-bond donors (Lipinski definition) is 3. The lowest BCUT2D eigenvalue weighted by Gasteiger charge is -1.96. The highest BCUT2D eigenvalue weighted by Crippen LogP contribution is 1.82. The molecule has 0 aromatic rings. The molecule has 0 radical (unpaired) electrons. The van der Waals surface area contributed by atoms with Crippen LogP contribution in [0.25, 0.3) is 0 Å². The molecule has 0 fully saturated rings. The normalized spacial score (nSPS) is 12.1. The fraction of sp³-hybridized carbons (Fsp3) is 0. The van der Waals surface area contributed by atoms with E-state index in [2.05, 4.69) is 6.58 Å².